The molecule has 4 aromatic rings. The minimum Gasteiger partial charge on any atom is -0.480 e. The van der Waals surface area contributed by atoms with Gasteiger partial charge in [-0.25, -0.2) is 17.9 Å². The number of anilines is 1. The molecule has 2 heterocycles. The number of methoxy groups -OCH3 is 1. The van der Waals surface area contributed by atoms with E-state index in [9.17, 15) is 13.2 Å². The molecule has 0 unspecified atom stereocenters. The van der Waals surface area contributed by atoms with E-state index < -0.39 is 10.0 Å². The van der Waals surface area contributed by atoms with Crippen LogP contribution in [-0.2, 0) is 10.0 Å². The summed E-state index contributed by atoms with van der Waals surface area (Å²) in [6.07, 6.45) is 1.75. The van der Waals surface area contributed by atoms with Crippen molar-refractivity contribution in [3.05, 3.63) is 71.9 Å². The van der Waals surface area contributed by atoms with Gasteiger partial charge in [0.15, 0.2) is 11.4 Å². The van der Waals surface area contributed by atoms with Crippen LogP contribution in [0.25, 0.3) is 16.9 Å². The highest BCUT2D eigenvalue weighted by Gasteiger charge is 2.17. The summed E-state index contributed by atoms with van der Waals surface area (Å²) >= 11 is 0. The predicted molar refractivity (Wildman–Crippen MR) is 117 cm³/mol. The Labute approximate surface area is 179 Å². The lowest BCUT2D eigenvalue weighted by atomic mass is 10.1. The summed E-state index contributed by atoms with van der Waals surface area (Å²) in [5, 5.41) is 4.29. The third-order valence-corrected chi connectivity index (χ3v) is 6.23. The summed E-state index contributed by atoms with van der Waals surface area (Å²) in [7, 11) is -2.29. The first-order valence-corrected chi connectivity index (χ1v) is 10.9. The maximum absolute atomic E-state index is 12.9. The van der Waals surface area contributed by atoms with Gasteiger partial charge in [-0.3, -0.25) is 9.52 Å². The van der Waals surface area contributed by atoms with Crippen molar-refractivity contribution >= 4 is 27.1 Å². The standard InChI is InChI=1S/C22H20N4O4S/c1-14-4-5-17(20-13-26-21(23-20)10-11-22(24-26)30-3)12-19(14)25-31(28,29)18-8-6-16(7-9-18)15(2)27/h4-13,25H,1-3H3. The molecule has 0 amide bonds. The average Bonchev–Trinajstić information content (AvgIpc) is 3.18. The summed E-state index contributed by atoms with van der Waals surface area (Å²) in [6, 6.07) is 14.8. The SMILES string of the molecule is COc1ccc2nc(-c3ccc(C)c(NS(=O)(=O)c4ccc(C(C)=O)cc4)c3)cn2n1. The highest BCUT2D eigenvalue weighted by Crippen LogP contribution is 2.27. The van der Waals surface area contributed by atoms with Crippen LogP contribution in [0, 0.1) is 6.92 Å². The molecule has 0 aliphatic rings. The molecule has 9 heteroatoms. The van der Waals surface area contributed by atoms with E-state index in [0.717, 1.165) is 11.1 Å². The van der Waals surface area contributed by atoms with Crippen molar-refractivity contribution in [2.45, 2.75) is 18.7 Å². The van der Waals surface area contributed by atoms with E-state index in [4.69, 9.17) is 4.74 Å². The molecule has 0 atom stereocenters. The first kappa shape index (κ1) is 20.5. The van der Waals surface area contributed by atoms with Crippen LogP contribution in [0.4, 0.5) is 5.69 Å². The number of carbonyl (C=O) groups excluding carboxylic acids is 1. The van der Waals surface area contributed by atoms with Gasteiger partial charge in [0.2, 0.25) is 5.88 Å². The molecule has 8 nitrogen and oxygen atoms in total. The zero-order valence-electron chi connectivity index (χ0n) is 17.2. The molecule has 0 bridgehead atoms. The molecule has 0 fully saturated rings. The molecule has 0 aliphatic carbocycles. The number of fused-ring (bicyclic) bond motifs is 1. The number of hydrogen-bond acceptors (Lipinski definition) is 6. The number of imidazole rings is 1. The number of ketones is 1. The number of sulfonamides is 1. The van der Waals surface area contributed by atoms with Gasteiger partial charge in [0.1, 0.15) is 0 Å². The number of Topliss-reactive ketones (excluding diaryl/α,β-unsaturated/α-hetero) is 1. The van der Waals surface area contributed by atoms with Crippen LogP contribution in [-0.4, -0.2) is 35.9 Å². The van der Waals surface area contributed by atoms with Crippen molar-refractivity contribution in [2.24, 2.45) is 0 Å². The monoisotopic (exact) mass is 436 g/mol. The van der Waals surface area contributed by atoms with E-state index in [2.05, 4.69) is 14.8 Å². The fourth-order valence-electron chi connectivity index (χ4n) is 3.08. The molecule has 158 valence electrons. The molecule has 0 aliphatic heterocycles. The maximum Gasteiger partial charge on any atom is 0.261 e. The van der Waals surface area contributed by atoms with E-state index in [0.29, 0.717) is 28.5 Å². The highest BCUT2D eigenvalue weighted by molar-refractivity contribution is 7.92. The van der Waals surface area contributed by atoms with Gasteiger partial charge < -0.3 is 4.74 Å². The van der Waals surface area contributed by atoms with Gasteiger partial charge in [0.05, 0.1) is 29.6 Å². The third kappa shape index (κ3) is 4.13. The average molecular weight is 436 g/mol. The molecule has 4 rings (SSSR count). The maximum atomic E-state index is 12.9. The molecule has 0 saturated heterocycles. The van der Waals surface area contributed by atoms with Gasteiger partial charge in [-0.15, -0.1) is 5.10 Å². The Balaban J connectivity index is 1.67. The fraction of sp³-hybridized carbons (Fsp3) is 0.136. The summed E-state index contributed by atoms with van der Waals surface area (Å²) < 4.78 is 35.1. The molecule has 0 spiro atoms. The minimum absolute atomic E-state index is 0.0753. The Hall–Kier alpha value is -3.72. The number of benzene rings is 2. The Bertz CT molecular complexity index is 1390. The lowest BCUT2D eigenvalue weighted by Gasteiger charge is -2.12. The number of carbonyl (C=O) groups is 1. The third-order valence-electron chi connectivity index (χ3n) is 4.85. The van der Waals surface area contributed by atoms with Crippen LogP contribution >= 0.6 is 0 Å². The van der Waals surface area contributed by atoms with Crippen molar-refractivity contribution in [2.75, 3.05) is 11.8 Å². The molecule has 31 heavy (non-hydrogen) atoms. The summed E-state index contributed by atoms with van der Waals surface area (Å²) in [5.74, 6) is 0.338. The molecular weight excluding hydrogens is 416 g/mol. The van der Waals surface area contributed by atoms with E-state index in [-0.39, 0.29) is 10.7 Å². The van der Waals surface area contributed by atoms with Crippen LogP contribution in [0.3, 0.4) is 0 Å². The van der Waals surface area contributed by atoms with Crippen LogP contribution in [0.1, 0.15) is 22.8 Å². The van der Waals surface area contributed by atoms with Crippen molar-refractivity contribution in [3.8, 4) is 17.1 Å². The van der Waals surface area contributed by atoms with Gasteiger partial charge in [-0.2, -0.15) is 0 Å². The van der Waals surface area contributed by atoms with Gasteiger partial charge in [0.25, 0.3) is 10.0 Å². The van der Waals surface area contributed by atoms with E-state index in [1.54, 1.807) is 28.9 Å². The zero-order chi connectivity index (χ0) is 22.2. The first-order valence-electron chi connectivity index (χ1n) is 9.42. The number of hydrogen-bond donors (Lipinski definition) is 1. The first-order chi connectivity index (χ1) is 14.8. The Morgan fingerprint density at radius 1 is 1.06 bits per heavy atom. The van der Waals surface area contributed by atoms with Crippen LogP contribution in [0.5, 0.6) is 5.88 Å². The van der Waals surface area contributed by atoms with E-state index in [1.165, 1.54) is 38.3 Å². The van der Waals surface area contributed by atoms with Gasteiger partial charge >= 0.3 is 0 Å². The number of aryl methyl sites for hydroxylation is 1. The van der Waals surface area contributed by atoms with E-state index in [1.807, 2.05) is 19.1 Å². The largest absolute Gasteiger partial charge is 0.480 e. The second-order valence-electron chi connectivity index (χ2n) is 7.02. The summed E-state index contributed by atoms with van der Waals surface area (Å²) in [6.45, 7) is 3.25. The van der Waals surface area contributed by atoms with E-state index >= 15 is 0 Å². The molecular formula is C22H20N4O4S. The quantitative estimate of drug-likeness (QED) is 0.462. The number of ether oxygens (including phenoxy) is 1. The van der Waals surface area contributed by atoms with Gasteiger partial charge in [-0.05, 0) is 43.7 Å². The lowest BCUT2D eigenvalue weighted by molar-refractivity contribution is 0.101. The molecule has 1 N–H and O–H groups in total. The molecule has 2 aromatic heterocycles. The van der Waals surface area contributed by atoms with Crippen molar-refractivity contribution in [1.82, 2.24) is 14.6 Å². The summed E-state index contributed by atoms with van der Waals surface area (Å²) in [5.41, 5.74) is 3.68. The van der Waals surface area contributed by atoms with Crippen molar-refractivity contribution < 1.29 is 17.9 Å². The van der Waals surface area contributed by atoms with Crippen LogP contribution in [0.2, 0.25) is 0 Å². The Kier molecular flexibility index (Phi) is 5.20. The van der Waals surface area contributed by atoms with Crippen molar-refractivity contribution in [3.63, 3.8) is 0 Å². The normalized spacial score (nSPS) is 11.5. The molecule has 2 aromatic carbocycles. The van der Waals surface area contributed by atoms with Crippen LogP contribution in [0.15, 0.2) is 65.7 Å². The Morgan fingerprint density at radius 3 is 2.48 bits per heavy atom. The lowest BCUT2D eigenvalue weighted by Crippen LogP contribution is -2.14. The van der Waals surface area contributed by atoms with Crippen molar-refractivity contribution in [1.29, 1.82) is 0 Å². The number of nitrogens with one attached hydrogen (secondary N) is 1. The summed E-state index contributed by atoms with van der Waals surface area (Å²) in [4.78, 5) is 16.1. The number of rotatable bonds is 6. The highest BCUT2D eigenvalue weighted by atomic mass is 32.2. The number of nitrogens with zero attached hydrogens (tertiary/aromatic N) is 3. The molecule has 0 saturated carbocycles. The molecule has 0 radical (unpaired) electrons. The van der Waals surface area contributed by atoms with Crippen LogP contribution < -0.4 is 9.46 Å². The smallest absolute Gasteiger partial charge is 0.261 e. The fourth-order valence-corrected chi connectivity index (χ4v) is 4.20. The minimum atomic E-state index is -3.83. The second kappa shape index (κ2) is 7.84. The second-order valence-corrected chi connectivity index (χ2v) is 8.70. The Morgan fingerprint density at radius 2 is 1.81 bits per heavy atom. The predicted octanol–water partition coefficient (Wildman–Crippen LogP) is 3.72. The van der Waals surface area contributed by atoms with Gasteiger partial charge in [0, 0.05) is 17.2 Å². The topological polar surface area (TPSA) is 103 Å². The zero-order valence-corrected chi connectivity index (χ0v) is 18.0. The van der Waals surface area contributed by atoms with Gasteiger partial charge in [-0.1, -0.05) is 24.3 Å². The number of aromatic nitrogens is 3.